The van der Waals surface area contributed by atoms with Crippen LogP contribution in [0.5, 0.6) is 0 Å². The zero-order valence-electron chi connectivity index (χ0n) is 20.0. The molecular formula is C22H28ClN7O4S. The van der Waals surface area contributed by atoms with E-state index in [1.807, 2.05) is 13.8 Å². The molecule has 3 aromatic rings. The molecule has 1 amide bonds. The van der Waals surface area contributed by atoms with Gasteiger partial charge >= 0.3 is 5.97 Å². The van der Waals surface area contributed by atoms with Gasteiger partial charge in [-0.15, -0.1) is 0 Å². The summed E-state index contributed by atoms with van der Waals surface area (Å²) < 4.78 is 12.7. The topological polar surface area (TPSA) is 127 Å². The molecule has 0 bridgehead atoms. The lowest BCUT2D eigenvalue weighted by atomic mass is 10.0. The van der Waals surface area contributed by atoms with Crippen LogP contribution in [-0.4, -0.2) is 75.6 Å². The van der Waals surface area contributed by atoms with Gasteiger partial charge in [-0.05, 0) is 25.8 Å². The third kappa shape index (κ3) is 5.34. The molecule has 2 unspecified atom stereocenters. The van der Waals surface area contributed by atoms with Gasteiger partial charge in [0, 0.05) is 32.4 Å². The zero-order chi connectivity index (χ0) is 25.1. The first-order chi connectivity index (χ1) is 16.8. The fraction of sp³-hybridized carbons (Fsp3) is 0.500. The largest absolute Gasteiger partial charge is 0.465 e. The summed E-state index contributed by atoms with van der Waals surface area (Å²) in [6, 6.07) is 1.44. The number of piperidine rings is 1. The number of carbonyl (C=O) groups excluding carboxylic acids is 2. The van der Waals surface area contributed by atoms with Crippen LogP contribution in [0.2, 0.25) is 5.02 Å². The van der Waals surface area contributed by atoms with Gasteiger partial charge < -0.3 is 24.7 Å². The predicted octanol–water partition coefficient (Wildman–Crippen LogP) is 2.82. The highest BCUT2D eigenvalue weighted by Crippen LogP contribution is 2.34. The zero-order valence-corrected chi connectivity index (χ0v) is 21.6. The number of aryl methyl sites for hydroxylation is 2. The van der Waals surface area contributed by atoms with E-state index in [-0.39, 0.29) is 18.1 Å². The SMILES string of the molecule is CCCOC1CN(c2nc(-c3ncnn3C)c(C(=O)OC)s2)CCC1NC(=O)c1cc(Cl)c(C)[nH]1. The van der Waals surface area contributed by atoms with E-state index < -0.39 is 5.97 Å². The number of ether oxygens (including phenoxy) is 2. The summed E-state index contributed by atoms with van der Waals surface area (Å²) in [6.45, 7) is 5.54. The highest BCUT2D eigenvalue weighted by Gasteiger charge is 2.34. The number of halogens is 1. The van der Waals surface area contributed by atoms with Crippen LogP contribution < -0.4 is 10.2 Å². The van der Waals surface area contributed by atoms with Crippen LogP contribution >= 0.6 is 22.9 Å². The Balaban J connectivity index is 1.55. The van der Waals surface area contributed by atoms with Crippen molar-refractivity contribution in [3.8, 4) is 11.5 Å². The molecule has 11 nitrogen and oxygen atoms in total. The highest BCUT2D eigenvalue weighted by molar-refractivity contribution is 7.17. The maximum Gasteiger partial charge on any atom is 0.350 e. The Hall–Kier alpha value is -2.96. The number of anilines is 1. The molecule has 0 saturated carbocycles. The smallest absolute Gasteiger partial charge is 0.350 e. The van der Waals surface area contributed by atoms with Gasteiger partial charge in [0.05, 0.1) is 24.3 Å². The van der Waals surface area contributed by atoms with Crippen LogP contribution in [0.1, 0.15) is 45.6 Å². The van der Waals surface area contributed by atoms with Gasteiger partial charge in [-0.1, -0.05) is 29.9 Å². The summed E-state index contributed by atoms with van der Waals surface area (Å²) in [5.74, 6) is -0.225. The van der Waals surface area contributed by atoms with Crippen molar-refractivity contribution in [2.24, 2.45) is 7.05 Å². The van der Waals surface area contributed by atoms with E-state index >= 15 is 0 Å². The molecule has 4 heterocycles. The van der Waals surface area contributed by atoms with Crippen LogP contribution in [0.3, 0.4) is 0 Å². The Labute approximate surface area is 211 Å². The molecule has 13 heteroatoms. The number of methoxy groups -OCH3 is 1. The Bertz CT molecular complexity index is 1190. The van der Waals surface area contributed by atoms with Crippen molar-refractivity contribution in [3.63, 3.8) is 0 Å². The first-order valence-corrected chi connectivity index (χ1v) is 12.5. The summed E-state index contributed by atoms with van der Waals surface area (Å²) in [6.07, 6.45) is 2.64. The third-order valence-corrected chi connectivity index (χ3v) is 7.28. The molecule has 4 rings (SSSR count). The maximum atomic E-state index is 12.8. The Morgan fingerprint density at radius 1 is 1.40 bits per heavy atom. The monoisotopic (exact) mass is 521 g/mol. The molecule has 1 saturated heterocycles. The van der Waals surface area contributed by atoms with E-state index in [0.29, 0.717) is 58.4 Å². The summed E-state index contributed by atoms with van der Waals surface area (Å²) in [5.41, 5.74) is 1.59. The molecule has 2 N–H and O–H groups in total. The van der Waals surface area contributed by atoms with Crippen LogP contribution in [0.15, 0.2) is 12.4 Å². The summed E-state index contributed by atoms with van der Waals surface area (Å²) in [4.78, 5) is 39.7. The molecule has 2 atom stereocenters. The number of esters is 1. The minimum atomic E-state index is -0.479. The van der Waals surface area contributed by atoms with Crippen LogP contribution in [0.4, 0.5) is 5.13 Å². The number of nitrogens with one attached hydrogen (secondary N) is 2. The molecule has 0 spiro atoms. The Morgan fingerprint density at radius 3 is 2.83 bits per heavy atom. The second-order valence-corrected chi connectivity index (χ2v) is 9.64. The lowest BCUT2D eigenvalue weighted by molar-refractivity contribution is 0.0205. The van der Waals surface area contributed by atoms with E-state index in [9.17, 15) is 9.59 Å². The number of thiazole rings is 1. The molecule has 35 heavy (non-hydrogen) atoms. The molecule has 1 fully saturated rings. The number of hydrogen-bond donors (Lipinski definition) is 2. The number of hydrogen-bond acceptors (Lipinski definition) is 9. The molecule has 1 aliphatic rings. The average molecular weight is 522 g/mol. The standard InChI is InChI=1S/C22H28ClN7O4S/c1-5-8-34-16-10-30(7-6-14(16)27-20(31)15-9-13(23)12(2)26-15)22-28-17(18(35-22)21(32)33-4)19-24-11-25-29(19)3/h9,11,14,16,26H,5-8,10H2,1-4H3,(H,27,31). The van der Waals surface area contributed by atoms with E-state index in [0.717, 1.165) is 12.1 Å². The number of rotatable bonds is 8. The summed E-state index contributed by atoms with van der Waals surface area (Å²) in [5, 5.41) is 8.36. The average Bonchev–Trinajstić information content (AvgIpc) is 3.56. The van der Waals surface area contributed by atoms with Gasteiger partial charge in [-0.25, -0.2) is 19.4 Å². The third-order valence-electron chi connectivity index (χ3n) is 5.79. The fourth-order valence-corrected chi connectivity index (χ4v) is 5.10. The molecule has 188 valence electrons. The van der Waals surface area contributed by atoms with Crippen molar-refractivity contribution in [3.05, 3.63) is 33.7 Å². The maximum absolute atomic E-state index is 12.8. The molecule has 3 aromatic heterocycles. The molecule has 0 aliphatic carbocycles. The molecule has 0 aromatic carbocycles. The highest BCUT2D eigenvalue weighted by atomic mass is 35.5. The van der Waals surface area contributed by atoms with E-state index in [4.69, 9.17) is 26.1 Å². The molecule has 1 aliphatic heterocycles. The molecular weight excluding hydrogens is 494 g/mol. The lowest BCUT2D eigenvalue weighted by Crippen LogP contribution is -2.55. The second-order valence-electron chi connectivity index (χ2n) is 8.25. The first-order valence-electron chi connectivity index (χ1n) is 11.3. The Morgan fingerprint density at radius 2 is 2.20 bits per heavy atom. The van der Waals surface area contributed by atoms with E-state index in [1.54, 1.807) is 17.8 Å². The first kappa shape index (κ1) is 25.1. The van der Waals surface area contributed by atoms with Gasteiger partial charge in [0.1, 0.15) is 22.6 Å². The van der Waals surface area contributed by atoms with Crippen LogP contribution in [0, 0.1) is 6.92 Å². The van der Waals surface area contributed by atoms with Gasteiger partial charge in [-0.3, -0.25) is 4.79 Å². The van der Waals surface area contributed by atoms with Crippen LogP contribution in [-0.2, 0) is 16.5 Å². The summed E-state index contributed by atoms with van der Waals surface area (Å²) in [7, 11) is 3.08. The van der Waals surface area contributed by atoms with Crippen molar-refractivity contribution in [1.82, 2.24) is 30.0 Å². The number of aromatic nitrogens is 5. The number of nitrogens with zero attached hydrogens (tertiary/aromatic N) is 5. The number of aromatic amines is 1. The fourth-order valence-electron chi connectivity index (χ4n) is 3.93. The minimum absolute atomic E-state index is 0.189. The second kappa shape index (κ2) is 10.8. The number of amides is 1. The predicted molar refractivity (Wildman–Crippen MR) is 132 cm³/mol. The minimum Gasteiger partial charge on any atom is -0.465 e. The normalized spacial score (nSPS) is 18.0. The number of H-pyrrole nitrogens is 1. The van der Waals surface area contributed by atoms with Crippen molar-refractivity contribution in [1.29, 1.82) is 0 Å². The van der Waals surface area contributed by atoms with Crippen molar-refractivity contribution in [2.45, 2.75) is 38.8 Å². The van der Waals surface area contributed by atoms with Gasteiger partial charge in [-0.2, -0.15) is 5.10 Å². The van der Waals surface area contributed by atoms with E-state index in [1.165, 1.54) is 24.8 Å². The van der Waals surface area contributed by atoms with Crippen molar-refractivity contribution in [2.75, 3.05) is 31.7 Å². The van der Waals surface area contributed by atoms with E-state index in [2.05, 4.69) is 25.3 Å². The van der Waals surface area contributed by atoms with Gasteiger partial charge in [0.25, 0.3) is 5.91 Å². The van der Waals surface area contributed by atoms with Crippen molar-refractivity contribution < 1.29 is 19.1 Å². The summed E-state index contributed by atoms with van der Waals surface area (Å²) >= 11 is 7.35. The quantitative estimate of drug-likeness (QED) is 0.433. The van der Waals surface area contributed by atoms with Gasteiger partial charge in [0.15, 0.2) is 11.0 Å². The molecule has 0 radical (unpaired) electrons. The van der Waals surface area contributed by atoms with Crippen LogP contribution in [0.25, 0.3) is 11.5 Å². The Kier molecular flexibility index (Phi) is 7.72. The van der Waals surface area contributed by atoms with Crippen molar-refractivity contribution >= 4 is 39.9 Å². The number of carbonyl (C=O) groups is 2. The van der Waals surface area contributed by atoms with Gasteiger partial charge in [0.2, 0.25) is 0 Å². The lowest BCUT2D eigenvalue weighted by Gasteiger charge is -2.38.